The van der Waals surface area contributed by atoms with Gasteiger partial charge in [-0.05, 0) is 59.5 Å². The predicted molar refractivity (Wildman–Crippen MR) is 191 cm³/mol. The van der Waals surface area contributed by atoms with Crippen molar-refractivity contribution in [3.8, 4) is 22.9 Å². The molecule has 0 N–H and O–H groups in total. The SMILES string of the molecule is CS(=O)(=O)CCC1CN(c2cc(Cl)ccc2-c2cccc(OCc3ccccc3)c2)C(=O)CN1Cc1cncn1Cc1ccc(C#N)c(F)c1. The van der Waals surface area contributed by atoms with E-state index in [1.54, 1.807) is 35.6 Å². The maximum absolute atomic E-state index is 14.3. The Bertz CT molecular complexity index is 2150. The first-order valence-electron chi connectivity index (χ1n) is 16.0. The molecule has 0 spiro atoms. The molecule has 0 saturated carbocycles. The number of sulfone groups is 1. The lowest BCUT2D eigenvalue weighted by atomic mass is 10.0. The number of imidazole rings is 1. The van der Waals surface area contributed by atoms with Crippen LogP contribution in [0.3, 0.4) is 0 Å². The molecule has 0 aliphatic carbocycles. The Morgan fingerprint density at radius 2 is 1.82 bits per heavy atom. The van der Waals surface area contributed by atoms with Crippen LogP contribution in [0.1, 0.15) is 28.8 Å². The molecule has 256 valence electrons. The second kappa shape index (κ2) is 15.3. The van der Waals surface area contributed by atoms with Gasteiger partial charge < -0.3 is 14.2 Å². The van der Waals surface area contributed by atoms with Crippen LogP contribution in [0.15, 0.2) is 104 Å². The summed E-state index contributed by atoms with van der Waals surface area (Å²) in [5, 5.41) is 9.55. The third-order valence-corrected chi connectivity index (χ3v) is 9.90. The van der Waals surface area contributed by atoms with E-state index in [4.69, 9.17) is 21.6 Å². The van der Waals surface area contributed by atoms with Crippen LogP contribution in [0.25, 0.3) is 11.1 Å². The fourth-order valence-corrected chi connectivity index (χ4v) is 6.97. The van der Waals surface area contributed by atoms with Gasteiger partial charge in [-0.25, -0.2) is 17.8 Å². The van der Waals surface area contributed by atoms with Crippen LogP contribution in [0.4, 0.5) is 10.1 Å². The zero-order chi connectivity index (χ0) is 35.3. The number of aromatic nitrogens is 2. The number of hydrogen-bond acceptors (Lipinski definition) is 7. The Kier molecular flexibility index (Phi) is 10.6. The fourth-order valence-electron chi connectivity index (χ4n) is 6.10. The molecule has 6 rings (SSSR count). The average molecular weight is 712 g/mol. The van der Waals surface area contributed by atoms with Crippen molar-refractivity contribution in [2.75, 3.05) is 30.0 Å². The van der Waals surface area contributed by atoms with E-state index in [0.717, 1.165) is 22.4 Å². The number of halogens is 2. The third kappa shape index (κ3) is 8.58. The standard InChI is InChI=1S/C38H35ClFN5O4S/c1-50(47,48)15-14-32-23-45(38(46)24-43(32)22-33-20-42-26-44(33)21-28-10-11-30(19-41)36(40)16-28)37-18-31(39)12-13-35(37)29-8-5-9-34(17-29)49-25-27-6-3-2-4-7-27/h2-13,16-18,20,26,32H,14-15,21-25H2,1H3. The van der Waals surface area contributed by atoms with Gasteiger partial charge in [0.15, 0.2) is 0 Å². The number of benzene rings is 4. The van der Waals surface area contributed by atoms with Gasteiger partial charge in [-0.2, -0.15) is 5.26 Å². The molecular formula is C38H35ClFN5O4S. The molecule has 50 heavy (non-hydrogen) atoms. The van der Waals surface area contributed by atoms with Gasteiger partial charge in [0.05, 0.1) is 35.6 Å². The highest BCUT2D eigenvalue weighted by Crippen LogP contribution is 2.37. The molecule has 1 unspecified atom stereocenters. The first-order chi connectivity index (χ1) is 24.1. The lowest BCUT2D eigenvalue weighted by Gasteiger charge is -2.41. The summed E-state index contributed by atoms with van der Waals surface area (Å²) >= 11 is 6.51. The number of anilines is 1. The molecule has 4 aromatic carbocycles. The summed E-state index contributed by atoms with van der Waals surface area (Å²) in [5.74, 6) is -0.139. The number of hydrogen-bond donors (Lipinski definition) is 0. The number of nitriles is 1. The van der Waals surface area contributed by atoms with Crippen LogP contribution in [0, 0.1) is 17.1 Å². The van der Waals surface area contributed by atoms with Crippen LogP contribution in [0.2, 0.25) is 5.02 Å². The molecule has 1 saturated heterocycles. The number of carbonyl (C=O) groups is 1. The second-order valence-corrected chi connectivity index (χ2v) is 15.1. The summed E-state index contributed by atoms with van der Waals surface area (Å²) in [6.45, 7) is 1.29. The van der Waals surface area contributed by atoms with Gasteiger partial charge in [0, 0.05) is 48.7 Å². The maximum Gasteiger partial charge on any atom is 0.241 e. The van der Waals surface area contributed by atoms with Crippen molar-refractivity contribution in [2.45, 2.75) is 32.2 Å². The Labute approximate surface area is 296 Å². The molecular weight excluding hydrogens is 677 g/mol. The highest BCUT2D eigenvalue weighted by atomic mass is 35.5. The highest BCUT2D eigenvalue weighted by molar-refractivity contribution is 7.90. The number of nitrogens with zero attached hydrogens (tertiary/aromatic N) is 5. The summed E-state index contributed by atoms with van der Waals surface area (Å²) < 4.78 is 46.9. The number of carbonyl (C=O) groups excluding carboxylic acids is 1. The summed E-state index contributed by atoms with van der Waals surface area (Å²) in [6, 6.07) is 28.9. The minimum atomic E-state index is -3.29. The summed E-state index contributed by atoms with van der Waals surface area (Å²) in [5.41, 5.74) is 4.69. The van der Waals surface area contributed by atoms with E-state index >= 15 is 0 Å². The smallest absolute Gasteiger partial charge is 0.241 e. The normalized spacial score (nSPS) is 15.2. The van der Waals surface area contributed by atoms with E-state index in [1.165, 1.54) is 18.4 Å². The molecule has 1 aliphatic heterocycles. The summed E-state index contributed by atoms with van der Waals surface area (Å²) in [4.78, 5) is 21.9. The number of ether oxygens (including phenoxy) is 1. The van der Waals surface area contributed by atoms with Gasteiger partial charge in [0.25, 0.3) is 0 Å². The van der Waals surface area contributed by atoms with Crippen LogP contribution < -0.4 is 9.64 Å². The quantitative estimate of drug-likeness (QED) is 0.146. The predicted octanol–water partition coefficient (Wildman–Crippen LogP) is 6.49. The molecule has 1 atom stereocenters. The van der Waals surface area contributed by atoms with Gasteiger partial charge in [-0.15, -0.1) is 0 Å². The number of amides is 1. The first-order valence-corrected chi connectivity index (χ1v) is 18.5. The molecule has 1 fully saturated rings. The largest absolute Gasteiger partial charge is 0.489 e. The van der Waals surface area contributed by atoms with E-state index < -0.39 is 15.7 Å². The Hall–Kier alpha value is -5.02. The molecule has 1 aliphatic rings. The van der Waals surface area contributed by atoms with Crippen molar-refractivity contribution in [1.82, 2.24) is 14.5 Å². The number of rotatable bonds is 12. The van der Waals surface area contributed by atoms with E-state index in [1.807, 2.05) is 76.2 Å². The minimum Gasteiger partial charge on any atom is -0.489 e. The van der Waals surface area contributed by atoms with E-state index in [9.17, 15) is 17.6 Å². The molecule has 2 heterocycles. The van der Waals surface area contributed by atoms with Gasteiger partial charge in [0.1, 0.15) is 34.1 Å². The molecule has 9 nitrogen and oxygen atoms in total. The molecule has 1 amide bonds. The zero-order valence-electron chi connectivity index (χ0n) is 27.4. The van der Waals surface area contributed by atoms with Crippen LogP contribution in [-0.2, 0) is 34.3 Å². The van der Waals surface area contributed by atoms with Crippen LogP contribution in [0.5, 0.6) is 5.75 Å². The Balaban J connectivity index is 1.25. The van der Waals surface area contributed by atoms with Gasteiger partial charge >= 0.3 is 0 Å². The first kappa shape index (κ1) is 34.8. The van der Waals surface area contributed by atoms with Crippen molar-refractivity contribution < 1.29 is 22.3 Å². The fraction of sp³-hybridized carbons (Fsp3) is 0.237. The average Bonchev–Trinajstić information content (AvgIpc) is 3.53. The lowest BCUT2D eigenvalue weighted by Crippen LogP contribution is -2.56. The topological polar surface area (TPSA) is 109 Å². The van der Waals surface area contributed by atoms with Crippen molar-refractivity contribution in [3.63, 3.8) is 0 Å². The van der Waals surface area contributed by atoms with E-state index in [2.05, 4.69) is 4.98 Å². The van der Waals surface area contributed by atoms with Crippen molar-refractivity contribution in [2.24, 2.45) is 0 Å². The van der Waals surface area contributed by atoms with E-state index in [-0.39, 0.29) is 36.4 Å². The number of piperazine rings is 1. The monoisotopic (exact) mass is 711 g/mol. The van der Waals surface area contributed by atoms with Gasteiger partial charge in [-0.3, -0.25) is 9.69 Å². The van der Waals surface area contributed by atoms with Gasteiger partial charge in [0.2, 0.25) is 5.91 Å². The Morgan fingerprint density at radius 1 is 1.00 bits per heavy atom. The van der Waals surface area contributed by atoms with E-state index in [0.29, 0.717) is 48.1 Å². The molecule has 0 radical (unpaired) electrons. The highest BCUT2D eigenvalue weighted by Gasteiger charge is 2.35. The third-order valence-electron chi connectivity index (χ3n) is 8.69. The second-order valence-electron chi connectivity index (χ2n) is 12.4. The Morgan fingerprint density at radius 3 is 2.58 bits per heavy atom. The molecule has 12 heteroatoms. The van der Waals surface area contributed by atoms with Crippen molar-refractivity contribution in [3.05, 3.63) is 137 Å². The zero-order valence-corrected chi connectivity index (χ0v) is 28.9. The van der Waals surface area contributed by atoms with Crippen molar-refractivity contribution >= 4 is 33.0 Å². The molecule has 1 aromatic heterocycles. The maximum atomic E-state index is 14.3. The lowest BCUT2D eigenvalue weighted by molar-refractivity contribution is -0.122. The minimum absolute atomic E-state index is 0.0251. The molecule has 0 bridgehead atoms. The van der Waals surface area contributed by atoms with Crippen molar-refractivity contribution in [1.29, 1.82) is 5.26 Å². The summed E-state index contributed by atoms with van der Waals surface area (Å²) in [6.07, 6.45) is 4.82. The molecule has 5 aromatic rings. The van der Waals surface area contributed by atoms with Gasteiger partial charge in [-0.1, -0.05) is 66.2 Å². The van der Waals surface area contributed by atoms with Crippen LogP contribution >= 0.6 is 11.6 Å². The summed E-state index contributed by atoms with van der Waals surface area (Å²) in [7, 11) is -3.29. The van der Waals surface area contributed by atoms with Crippen LogP contribution in [-0.4, -0.2) is 59.9 Å².